The van der Waals surface area contributed by atoms with E-state index in [0.717, 1.165) is 31.8 Å². The highest BCUT2D eigenvalue weighted by atomic mass is 32.2. The maximum atomic E-state index is 11.9. The van der Waals surface area contributed by atoms with Crippen LogP contribution in [0, 0.1) is 5.92 Å². The molecular weight excluding hydrogens is 224 g/mol. The minimum atomic E-state index is 0.216. The second-order valence-corrected chi connectivity index (χ2v) is 5.27. The first kappa shape index (κ1) is 13.8. The molecule has 1 aliphatic rings. The van der Waals surface area contributed by atoms with E-state index >= 15 is 0 Å². The van der Waals surface area contributed by atoms with E-state index in [9.17, 15) is 4.79 Å². The number of hydrogen-bond acceptors (Lipinski definition) is 4. The molecule has 1 heterocycles. The maximum Gasteiger partial charge on any atom is 0.236 e. The van der Waals surface area contributed by atoms with Gasteiger partial charge in [-0.2, -0.15) is 0 Å². The quantitative estimate of drug-likeness (QED) is 0.716. The normalized spacial score (nSPS) is 18.1. The molecule has 1 fully saturated rings. The second-order valence-electron chi connectivity index (χ2n) is 4.44. The molecule has 5 heteroatoms. The highest BCUT2D eigenvalue weighted by molar-refractivity contribution is 7.98. The van der Waals surface area contributed by atoms with Crippen LogP contribution in [0.15, 0.2) is 0 Å². The Hall–Kier alpha value is -0.260. The van der Waals surface area contributed by atoms with Crippen molar-refractivity contribution < 1.29 is 9.90 Å². The summed E-state index contributed by atoms with van der Waals surface area (Å²) in [5.41, 5.74) is 0. The number of likely N-dealkylation sites (tertiary alicyclic amines) is 1. The molecule has 0 atom stereocenters. The third-order valence-corrected chi connectivity index (χ3v) is 3.68. The Kier molecular flexibility index (Phi) is 6.16. The zero-order valence-electron chi connectivity index (χ0n) is 10.2. The molecular formula is C11H22N2O2S. The molecule has 1 amide bonds. The van der Waals surface area contributed by atoms with E-state index in [2.05, 4.69) is 0 Å². The van der Waals surface area contributed by atoms with Crippen molar-refractivity contribution in [2.45, 2.75) is 12.8 Å². The van der Waals surface area contributed by atoms with Gasteiger partial charge in [-0.15, -0.1) is 11.8 Å². The number of amides is 1. The minimum Gasteiger partial charge on any atom is -0.396 e. The second kappa shape index (κ2) is 7.14. The number of thioether (sulfide) groups is 1. The summed E-state index contributed by atoms with van der Waals surface area (Å²) in [7, 11) is 1.97. The zero-order chi connectivity index (χ0) is 12.0. The Balaban J connectivity index is 2.27. The van der Waals surface area contributed by atoms with E-state index in [1.165, 1.54) is 0 Å². The van der Waals surface area contributed by atoms with Crippen molar-refractivity contribution in [2.75, 3.05) is 45.4 Å². The van der Waals surface area contributed by atoms with Gasteiger partial charge in [0.25, 0.3) is 0 Å². The van der Waals surface area contributed by atoms with E-state index in [4.69, 9.17) is 5.11 Å². The summed E-state index contributed by atoms with van der Waals surface area (Å²) in [4.78, 5) is 15.8. The molecule has 0 aromatic heterocycles. The molecule has 0 bridgehead atoms. The number of nitrogens with zero attached hydrogens (tertiary/aromatic N) is 2. The lowest BCUT2D eigenvalue weighted by atomic mass is 9.98. The molecule has 16 heavy (non-hydrogen) atoms. The molecule has 0 aromatic carbocycles. The van der Waals surface area contributed by atoms with Crippen LogP contribution in [0.5, 0.6) is 0 Å². The average Bonchev–Trinajstić information content (AvgIpc) is 2.29. The van der Waals surface area contributed by atoms with Gasteiger partial charge in [-0.1, -0.05) is 0 Å². The average molecular weight is 246 g/mol. The molecule has 1 aliphatic heterocycles. The highest BCUT2D eigenvalue weighted by Gasteiger charge is 2.22. The smallest absolute Gasteiger partial charge is 0.236 e. The van der Waals surface area contributed by atoms with Crippen molar-refractivity contribution >= 4 is 17.7 Å². The summed E-state index contributed by atoms with van der Waals surface area (Å²) in [6, 6.07) is 0. The first-order chi connectivity index (χ1) is 7.67. The highest BCUT2D eigenvalue weighted by Crippen LogP contribution is 2.16. The van der Waals surface area contributed by atoms with Crippen molar-refractivity contribution in [3.8, 4) is 0 Å². The van der Waals surface area contributed by atoms with Crippen LogP contribution in [0.1, 0.15) is 12.8 Å². The Bertz CT molecular complexity index is 218. The van der Waals surface area contributed by atoms with Gasteiger partial charge in [-0.25, -0.2) is 0 Å². The molecule has 1 rings (SSSR count). The zero-order valence-corrected chi connectivity index (χ0v) is 11.0. The molecule has 0 spiro atoms. The molecule has 1 N–H and O–H groups in total. The number of aliphatic hydroxyl groups excluding tert-OH is 1. The minimum absolute atomic E-state index is 0.216. The molecule has 1 saturated heterocycles. The van der Waals surface area contributed by atoms with Crippen LogP contribution in [-0.4, -0.2) is 66.2 Å². The molecule has 4 nitrogen and oxygen atoms in total. The molecule has 0 radical (unpaired) electrons. The van der Waals surface area contributed by atoms with Crippen LogP contribution in [0.4, 0.5) is 0 Å². The van der Waals surface area contributed by atoms with Crippen LogP contribution in [0.3, 0.4) is 0 Å². The van der Waals surface area contributed by atoms with E-state index in [-0.39, 0.29) is 12.5 Å². The van der Waals surface area contributed by atoms with Crippen molar-refractivity contribution in [3.63, 3.8) is 0 Å². The predicted molar refractivity (Wildman–Crippen MR) is 67.4 cm³/mol. The maximum absolute atomic E-state index is 11.9. The number of aliphatic hydroxyl groups is 1. The van der Waals surface area contributed by atoms with Crippen molar-refractivity contribution in [1.82, 2.24) is 9.80 Å². The summed E-state index contributed by atoms with van der Waals surface area (Å²) in [6.45, 7) is 2.37. The van der Waals surface area contributed by atoms with Crippen molar-refractivity contribution in [1.29, 1.82) is 0 Å². The lowest BCUT2D eigenvalue weighted by Crippen LogP contribution is -2.43. The largest absolute Gasteiger partial charge is 0.396 e. The van der Waals surface area contributed by atoms with Crippen molar-refractivity contribution in [3.05, 3.63) is 0 Å². The molecule has 0 unspecified atom stereocenters. The summed E-state index contributed by atoms with van der Waals surface area (Å²) >= 11 is 1.72. The van der Waals surface area contributed by atoms with Crippen LogP contribution >= 0.6 is 11.8 Å². The van der Waals surface area contributed by atoms with Gasteiger partial charge >= 0.3 is 0 Å². The third kappa shape index (κ3) is 4.31. The van der Waals surface area contributed by atoms with Crippen LogP contribution in [0.2, 0.25) is 0 Å². The van der Waals surface area contributed by atoms with Gasteiger partial charge in [0, 0.05) is 25.6 Å². The third-order valence-electron chi connectivity index (χ3n) is 2.98. The molecule has 94 valence electrons. The molecule has 0 aromatic rings. The first-order valence-electron chi connectivity index (χ1n) is 5.73. The Labute approximate surface area is 102 Å². The van der Waals surface area contributed by atoms with E-state index in [1.807, 2.05) is 23.1 Å². The summed E-state index contributed by atoms with van der Waals surface area (Å²) in [5.74, 6) is 1.50. The topological polar surface area (TPSA) is 43.8 Å². The van der Waals surface area contributed by atoms with E-state index in [1.54, 1.807) is 11.8 Å². The van der Waals surface area contributed by atoms with Gasteiger partial charge in [-0.3, -0.25) is 9.69 Å². The standard InChI is InChI=1S/C11H22N2O2S/c1-12(9-16-2)7-11(15)13-5-3-10(8-14)4-6-13/h10,14H,3-9H2,1-2H3. The number of likely N-dealkylation sites (N-methyl/N-ethyl adjacent to an activating group) is 1. The summed E-state index contributed by atoms with van der Waals surface area (Å²) in [6.07, 6.45) is 3.91. The lowest BCUT2D eigenvalue weighted by Gasteiger charge is -2.32. The van der Waals surface area contributed by atoms with Gasteiger partial charge in [0.15, 0.2) is 0 Å². The van der Waals surface area contributed by atoms with Gasteiger partial charge in [0.1, 0.15) is 0 Å². The fourth-order valence-corrected chi connectivity index (χ4v) is 2.49. The molecule has 0 saturated carbocycles. The van der Waals surface area contributed by atoms with Gasteiger partial charge in [-0.05, 0) is 32.1 Å². The predicted octanol–water partition coefficient (Wildman–Crippen LogP) is 0.470. The van der Waals surface area contributed by atoms with Crippen LogP contribution < -0.4 is 0 Å². The monoisotopic (exact) mass is 246 g/mol. The molecule has 0 aliphatic carbocycles. The van der Waals surface area contributed by atoms with Crippen LogP contribution in [0.25, 0.3) is 0 Å². The SMILES string of the molecule is CSCN(C)CC(=O)N1CCC(CO)CC1. The number of carbonyl (C=O) groups excluding carboxylic acids is 1. The fourth-order valence-electron chi connectivity index (χ4n) is 1.96. The summed E-state index contributed by atoms with van der Waals surface area (Å²) in [5, 5.41) is 9.02. The van der Waals surface area contributed by atoms with Crippen LogP contribution in [-0.2, 0) is 4.79 Å². The lowest BCUT2D eigenvalue weighted by molar-refractivity contribution is -0.133. The first-order valence-corrected chi connectivity index (χ1v) is 7.13. The van der Waals surface area contributed by atoms with E-state index < -0.39 is 0 Å². The Morgan fingerprint density at radius 3 is 2.62 bits per heavy atom. The summed E-state index contributed by atoms with van der Waals surface area (Å²) < 4.78 is 0. The van der Waals surface area contributed by atoms with E-state index in [0.29, 0.717) is 12.5 Å². The Morgan fingerprint density at radius 1 is 1.50 bits per heavy atom. The van der Waals surface area contributed by atoms with Crippen molar-refractivity contribution in [2.24, 2.45) is 5.92 Å². The Morgan fingerprint density at radius 2 is 2.12 bits per heavy atom. The number of carbonyl (C=O) groups is 1. The number of rotatable bonds is 5. The van der Waals surface area contributed by atoms with Gasteiger partial charge < -0.3 is 10.0 Å². The number of hydrogen-bond donors (Lipinski definition) is 1. The fraction of sp³-hybridized carbons (Fsp3) is 0.909. The number of piperidine rings is 1. The van der Waals surface area contributed by atoms with Gasteiger partial charge in [0.2, 0.25) is 5.91 Å². The van der Waals surface area contributed by atoms with Gasteiger partial charge in [0.05, 0.1) is 6.54 Å².